The maximum atomic E-state index is 10.7. The standard InChI is InChI=1S/C13H10ClN3O3/c14-11-3-1-2-4-12(11)16-15-8-9-7-10(17(19)20)5-6-13(9)18/h1-8,16,18H/b15-8-. The van der Waals surface area contributed by atoms with Gasteiger partial charge in [0.05, 0.1) is 21.8 Å². The predicted octanol–water partition coefficient (Wildman–Crippen LogP) is 3.40. The van der Waals surface area contributed by atoms with Crippen molar-refractivity contribution in [2.45, 2.75) is 0 Å². The average molecular weight is 292 g/mol. The summed E-state index contributed by atoms with van der Waals surface area (Å²) in [5.41, 5.74) is 3.40. The summed E-state index contributed by atoms with van der Waals surface area (Å²) >= 11 is 5.93. The fourth-order valence-corrected chi connectivity index (χ4v) is 1.66. The van der Waals surface area contributed by atoms with Gasteiger partial charge in [0.1, 0.15) is 5.75 Å². The van der Waals surface area contributed by atoms with E-state index < -0.39 is 4.92 Å². The summed E-state index contributed by atoms with van der Waals surface area (Å²) in [6.07, 6.45) is 1.28. The minimum absolute atomic E-state index is 0.0969. The Labute approximate surface area is 119 Å². The van der Waals surface area contributed by atoms with Crippen LogP contribution < -0.4 is 5.43 Å². The fraction of sp³-hybridized carbons (Fsp3) is 0. The van der Waals surface area contributed by atoms with E-state index in [0.29, 0.717) is 10.7 Å². The number of nitro benzene ring substituents is 1. The van der Waals surface area contributed by atoms with Crippen molar-refractivity contribution in [3.8, 4) is 5.75 Å². The zero-order valence-electron chi connectivity index (χ0n) is 10.2. The lowest BCUT2D eigenvalue weighted by Crippen LogP contribution is -1.93. The quantitative estimate of drug-likeness (QED) is 0.513. The van der Waals surface area contributed by atoms with Crippen LogP contribution in [0.4, 0.5) is 11.4 Å². The number of halogens is 1. The van der Waals surface area contributed by atoms with Gasteiger partial charge >= 0.3 is 0 Å². The van der Waals surface area contributed by atoms with Crippen LogP contribution in [-0.4, -0.2) is 16.2 Å². The molecular formula is C13H10ClN3O3. The number of aromatic hydroxyl groups is 1. The van der Waals surface area contributed by atoms with Gasteiger partial charge in [0, 0.05) is 17.7 Å². The second kappa shape index (κ2) is 6.03. The van der Waals surface area contributed by atoms with E-state index in [2.05, 4.69) is 10.5 Å². The minimum Gasteiger partial charge on any atom is -0.507 e. The molecule has 0 heterocycles. The molecule has 0 aliphatic heterocycles. The van der Waals surface area contributed by atoms with Crippen LogP contribution in [0.25, 0.3) is 0 Å². The predicted molar refractivity (Wildman–Crippen MR) is 77.4 cm³/mol. The van der Waals surface area contributed by atoms with Crippen LogP contribution in [0.3, 0.4) is 0 Å². The first kappa shape index (κ1) is 13.8. The van der Waals surface area contributed by atoms with Gasteiger partial charge in [-0.05, 0) is 18.2 Å². The van der Waals surface area contributed by atoms with Crippen LogP contribution in [0, 0.1) is 10.1 Å². The van der Waals surface area contributed by atoms with Gasteiger partial charge in [0.15, 0.2) is 0 Å². The number of benzene rings is 2. The number of hydrazone groups is 1. The third-order valence-electron chi connectivity index (χ3n) is 2.48. The maximum absolute atomic E-state index is 10.7. The van der Waals surface area contributed by atoms with Gasteiger partial charge in [-0.25, -0.2) is 0 Å². The van der Waals surface area contributed by atoms with Crippen molar-refractivity contribution in [2.24, 2.45) is 5.10 Å². The molecule has 102 valence electrons. The van der Waals surface area contributed by atoms with Gasteiger partial charge in [-0.1, -0.05) is 23.7 Å². The van der Waals surface area contributed by atoms with E-state index in [4.69, 9.17) is 11.6 Å². The van der Waals surface area contributed by atoms with Gasteiger partial charge in [0.2, 0.25) is 0 Å². The molecule has 0 aromatic heterocycles. The molecule has 0 aliphatic rings. The third-order valence-corrected chi connectivity index (χ3v) is 2.81. The Bertz CT molecular complexity index is 674. The van der Waals surface area contributed by atoms with Crippen molar-refractivity contribution in [3.63, 3.8) is 0 Å². The van der Waals surface area contributed by atoms with Crippen molar-refractivity contribution < 1.29 is 10.0 Å². The number of nitrogens with zero attached hydrogens (tertiary/aromatic N) is 2. The van der Waals surface area contributed by atoms with Gasteiger partial charge in [-0.15, -0.1) is 0 Å². The first-order valence-electron chi connectivity index (χ1n) is 5.59. The monoisotopic (exact) mass is 291 g/mol. The topological polar surface area (TPSA) is 87.8 Å². The molecule has 6 nitrogen and oxygen atoms in total. The molecule has 0 unspecified atom stereocenters. The first-order chi connectivity index (χ1) is 9.58. The second-order valence-corrected chi connectivity index (χ2v) is 4.26. The number of rotatable bonds is 4. The van der Waals surface area contributed by atoms with Crippen molar-refractivity contribution in [3.05, 3.63) is 63.2 Å². The number of phenolic OH excluding ortho intramolecular Hbond substituents is 1. The van der Waals surface area contributed by atoms with Crippen molar-refractivity contribution in [1.29, 1.82) is 0 Å². The van der Waals surface area contributed by atoms with Crippen LogP contribution in [0.15, 0.2) is 47.6 Å². The van der Waals surface area contributed by atoms with Crippen molar-refractivity contribution in [2.75, 3.05) is 5.43 Å². The molecule has 20 heavy (non-hydrogen) atoms. The Morgan fingerprint density at radius 3 is 2.75 bits per heavy atom. The van der Waals surface area contributed by atoms with Crippen LogP contribution in [0.2, 0.25) is 5.02 Å². The number of non-ortho nitro benzene ring substituents is 1. The van der Waals surface area contributed by atoms with Gasteiger partial charge in [-0.2, -0.15) is 5.10 Å². The molecule has 0 amide bonds. The summed E-state index contributed by atoms with van der Waals surface area (Å²) in [5.74, 6) is -0.0969. The molecule has 0 saturated heterocycles. The lowest BCUT2D eigenvalue weighted by molar-refractivity contribution is -0.384. The van der Waals surface area contributed by atoms with Crippen LogP contribution in [0.5, 0.6) is 5.75 Å². The summed E-state index contributed by atoms with van der Waals surface area (Å²) in [6.45, 7) is 0. The van der Waals surface area contributed by atoms with E-state index >= 15 is 0 Å². The SMILES string of the molecule is O=[N+]([O-])c1ccc(O)c(/C=N\Nc2ccccc2Cl)c1. The smallest absolute Gasteiger partial charge is 0.270 e. The highest BCUT2D eigenvalue weighted by Gasteiger charge is 2.08. The van der Waals surface area contributed by atoms with Crippen molar-refractivity contribution in [1.82, 2.24) is 0 Å². The summed E-state index contributed by atoms with van der Waals surface area (Å²) in [7, 11) is 0. The Hall–Kier alpha value is -2.60. The molecule has 2 aromatic carbocycles. The second-order valence-electron chi connectivity index (χ2n) is 3.85. The average Bonchev–Trinajstić information content (AvgIpc) is 2.42. The number of anilines is 1. The number of hydrogen-bond acceptors (Lipinski definition) is 5. The molecule has 0 atom stereocenters. The molecule has 0 aliphatic carbocycles. The minimum atomic E-state index is -0.543. The Morgan fingerprint density at radius 1 is 1.30 bits per heavy atom. The number of hydrogen-bond donors (Lipinski definition) is 2. The molecule has 2 N–H and O–H groups in total. The number of para-hydroxylation sites is 1. The molecule has 7 heteroatoms. The summed E-state index contributed by atoms with van der Waals surface area (Å²) in [6, 6.07) is 10.7. The maximum Gasteiger partial charge on any atom is 0.270 e. The van der Waals surface area contributed by atoms with E-state index in [9.17, 15) is 15.2 Å². The molecule has 2 rings (SSSR count). The Morgan fingerprint density at radius 2 is 2.05 bits per heavy atom. The lowest BCUT2D eigenvalue weighted by Gasteiger charge is -2.02. The van der Waals surface area contributed by atoms with Crippen LogP contribution in [-0.2, 0) is 0 Å². The van der Waals surface area contributed by atoms with Crippen molar-refractivity contribution >= 4 is 29.2 Å². The van der Waals surface area contributed by atoms with Gasteiger partial charge < -0.3 is 5.11 Å². The van der Waals surface area contributed by atoms with Gasteiger partial charge in [-0.3, -0.25) is 15.5 Å². The summed E-state index contributed by atoms with van der Waals surface area (Å²) in [5, 5.41) is 24.6. The van der Waals surface area contributed by atoms with Crippen LogP contribution in [0.1, 0.15) is 5.56 Å². The van der Waals surface area contributed by atoms with Crippen LogP contribution >= 0.6 is 11.6 Å². The molecule has 0 radical (unpaired) electrons. The number of nitrogens with one attached hydrogen (secondary N) is 1. The summed E-state index contributed by atoms with van der Waals surface area (Å²) in [4.78, 5) is 10.1. The van der Waals surface area contributed by atoms with E-state index in [-0.39, 0.29) is 17.0 Å². The molecule has 0 saturated carbocycles. The molecule has 0 fully saturated rings. The normalized spacial score (nSPS) is 10.7. The highest BCUT2D eigenvalue weighted by Crippen LogP contribution is 2.22. The summed E-state index contributed by atoms with van der Waals surface area (Å²) < 4.78 is 0. The largest absolute Gasteiger partial charge is 0.507 e. The third kappa shape index (κ3) is 3.24. The van der Waals surface area contributed by atoms with E-state index in [1.807, 2.05) is 0 Å². The Balaban J connectivity index is 2.17. The van der Waals surface area contributed by atoms with E-state index in [1.54, 1.807) is 24.3 Å². The molecule has 0 spiro atoms. The fourth-order valence-electron chi connectivity index (χ4n) is 1.48. The van der Waals surface area contributed by atoms with E-state index in [1.165, 1.54) is 24.4 Å². The van der Waals surface area contributed by atoms with Gasteiger partial charge in [0.25, 0.3) is 5.69 Å². The number of phenols is 1. The zero-order valence-corrected chi connectivity index (χ0v) is 10.9. The molecule has 0 bridgehead atoms. The first-order valence-corrected chi connectivity index (χ1v) is 5.97. The highest BCUT2D eigenvalue weighted by molar-refractivity contribution is 6.33. The van der Waals surface area contributed by atoms with E-state index in [0.717, 1.165) is 0 Å². The molecule has 2 aromatic rings. The number of nitro groups is 1. The lowest BCUT2D eigenvalue weighted by atomic mass is 10.2. The Kier molecular flexibility index (Phi) is 4.17. The zero-order chi connectivity index (χ0) is 14.5. The highest BCUT2D eigenvalue weighted by atomic mass is 35.5. The molecular weight excluding hydrogens is 282 g/mol.